The summed E-state index contributed by atoms with van der Waals surface area (Å²) in [6.07, 6.45) is 6.68. The number of hydrogen-bond acceptors (Lipinski definition) is 5. The number of fused-ring (bicyclic) bond motifs is 1. The summed E-state index contributed by atoms with van der Waals surface area (Å²) in [7, 11) is 0. The van der Waals surface area contributed by atoms with Crippen LogP contribution in [-0.2, 0) is 4.79 Å². The first-order valence-corrected chi connectivity index (χ1v) is 11.5. The summed E-state index contributed by atoms with van der Waals surface area (Å²) in [6, 6.07) is 12.2. The Bertz CT molecular complexity index is 1470. The molecule has 35 heavy (non-hydrogen) atoms. The van der Waals surface area contributed by atoms with Gasteiger partial charge in [0.2, 0.25) is 0 Å². The Labute approximate surface area is 207 Å². The lowest BCUT2D eigenvalue weighted by molar-refractivity contribution is -0.126. The molecule has 0 saturated carbocycles. The van der Waals surface area contributed by atoms with E-state index in [4.69, 9.17) is 16.6 Å². The first kappa shape index (κ1) is 22.6. The number of nitrogens with zero attached hydrogens (tertiary/aromatic N) is 5. The van der Waals surface area contributed by atoms with Crippen LogP contribution in [0, 0.1) is 11.8 Å². The van der Waals surface area contributed by atoms with Gasteiger partial charge in [-0.25, -0.2) is 15.0 Å². The summed E-state index contributed by atoms with van der Waals surface area (Å²) in [5.74, 6) is 6.04. The normalized spacial score (nSPS) is 15.0. The van der Waals surface area contributed by atoms with Crippen LogP contribution in [0.5, 0.6) is 0 Å². The zero-order valence-corrected chi connectivity index (χ0v) is 19.7. The van der Waals surface area contributed by atoms with Gasteiger partial charge < -0.3 is 10.2 Å². The van der Waals surface area contributed by atoms with Crippen LogP contribution in [0.1, 0.15) is 42.0 Å². The third-order valence-corrected chi connectivity index (χ3v) is 6.18. The number of hydrogen-bond donors (Lipinski definition) is 1. The van der Waals surface area contributed by atoms with E-state index in [-0.39, 0.29) is 17.9 Å². The number of rotatable bonds is 4. The zero-order valence-electron chi connectivity index (χ0n) is 18.9. The highest BCUT2D eigenvalue weighted by molar-refractivity contribution is 6.33. The predicted molar refractivity (Wildman–Crippen MR) is 133 cm³/mol. The van der Waals surface area contributed by atoms with Gasteiger partial charge in [-0.15, -0.1) is 0 Å². The van der Waals surface area contributed by atoms with E-state index in [1.165, 1.54) is 0 Å². The average Bonchev–Trinajstić information content (AvgIpc) is 3.51. The van der Waals surface area contributed by atoms with E-state index >= 15 is 0 Å². The topological polar surface area (TPSA) is 92.5 Å². The Kier molecular flexibility index (Phi) is 6.17. The molecular formula is C26H21ClN6O2. The van der Waals surface area contributed by atoms with Crippen LogP contribution in [0.25, 0.3) is 16.8 Å². The second-order valence-electron chi connectivity index (χ2n) is 8.03. The van der Waals surface area contributed by atoms with Crippen LogP contribution in [0.3, 0.4) is 0 Å². The number of aromatic nitrogens is 4. The van der Waals surface area contributed by atoms with Crippen molar-refractivity contribution in [2.75, 3.05) is 11.9 Å². The molecule has 0 spiro atoms. The quantitative estimate of drug-likeness (QED) is 0.434. The van der Waals surface area contributed by atoms with E-state index in [1.54, 1.807) is 60.7 Å². The molecule has 0 unspecified atom stereocenters. The van der Waals surface area contributed by atoms with Crippen LogP contribution >= 0.6 is 11.6 Å². The van der Waals surface area contributed by atoms with Crippen LogP contribution in [0.15, 0.2) is 61.1 Å². The van der Waals surface area contributed by atoms with E-state index in [0.717, 1.165) is 18.4 Å². The van der Waals surface area contributed by atoms with E-state index < -0.39 is 0 Å². The van der Waals surface area contributed by atoms with E-state index in [9.17, 15) is 9.59 Å². The third-order valence-electron chi connectivity index (χ3n) is 5.91. The van der Waals surface area contributed by atoms with Crippen LogP contribution in [0.2, 0.25) is 5.15 Å². The molecule has 4 heterocycles. The minimum atomic E-state index is -0.262. The monoisotopic (exact) mass is 484 g/mol. The Balaban J connectivity index is 1.51. The minimum absolute atomic E-state index is 0.211. The second-order valence-corrected chi connectivity index (χ2v) is 8.39. The standard InChI is InChI=1S/C26H21ClN6O2/c1-2-6-21(34)32-15-5-7-19(32)25-31-22(23-24(27)29-14-16-33(23)25)17-9-11-18(12-10-17)26(35)30-20-8-3-4-13-28-20/h3-4,8-14,16,19H,5,7,15H2,1H3,(H,28,30,35)/t19-/m0/s1. The molecule has 8 nitrogen and oxygen atoms in total. The summed E-state index contributed by atoms with van der Waals surface area (Å²) < 4.78 is 1.89. The van der Waals surface area contributed by atoms with E-state index in [2.05, 4.69) is 27.1 Å². The highest BCUT2D eigenvalue weighted by Gasteiger charge is 2.33. The molecule has 1 aliphatic rings. The number of anilines is 1. The summed E-state index contributed by atoms with van der Waals surface area (Å²) >= 11 is 6.51. The lowest BCUT2D eigenvalue weighted by atomic mass is 10.1. The Morgan fingerprint density at radius 2 is 1.94 bits per heavy atom. The predicted octanol–water partition coefficient (Wildman–Crippen LogP) is 4.38. The lowest BCUT2D eigenvalue weighted by Gasteiger charge is -2.21. The van der Waals surface area contributed by atoms with Crippen molar-refractivity contribution in [1.82, 2.24) is 24.3 Å². The van der Waals surface area contributed by atoms with Gasteiger partial charge in [0.15, 0.2) is 5.15 Å². The number of amides is 2. The summed E-state index contributed by atoms with van der Waals surface area (Å²) in [4.78, 5) is 40.2. The Hall–Kier alpha value is -4.22. The lowest BCUT2D eigenvalue weighted by Crippen LogP contribution is -2.30. The molecule has 2 amide bonds. The molecule has 1 atom stereocenters. The molecule has 174 valence electrons. The molecule has 0 radical (unpaired) electrons. The van der Waals surface area contributed by atoms with Crippen molar-refractivity contribution in [1.29, 1.82) is 0 Å². The van der Waals surface area contributed by atoms with Gasteiger partial charge in [-0.2, -0.15) is 0 Å². The van der Waals surface area contributed by atoms with E-state index in [1.807, 2.05) is 16.5 Å². The SMILES string of the molecule is CC#CC(=O)N1CCC[C@H]1c1nc(-c2ccc(C(=O)Nc3ccccn3)cc2)c2c(Cl)nccn12. The van der Waals surface area contributed by atoms with Crippen LogP contribution in [0.4, 0.5) is 5.82 Å². The number of imidazole rings is 1. The summed E-state index contributed by atoms with van der Waals surface area (Å²) in [5.41, 5.74) is 2.55. The minimum Gasteiger partial charge on any atom is -0.322 e. The number of carbonyl (C=O) groups is 2. The van der Waals surface area contributed by atoms with Crippen LogP contribution in [-0.4, -0.2) is 42.6 Å². The van der Waals surface area contributed by atoms with Crippen molar-refractivity contribution in [2.24, 2.45) is 0 Å². The second kappa shape index (κ2) is 9.57. The number of nitrogens with one attached hydrogen (secondary N) is 1. The Morgan fingerprint density at radius 1 is 1.11 bits per heavy atom. The third kappa shape index (κ3) is 4.34. The smallest absolute Gasteiger partial charge is 0.299 e. The van der Waals surface area contributed by atoms with Crippen molar-refractivity contribution in [3.8, 4) is 23.1 Å². The summed E-state index contributed by atoms with van der Waals surface area (Å²) in [6.45, 7) is 2.28. The van der Waals surface area contributed by atoms with Gasteiger partial charge in [0.1, 0.15) is 17.2 Å². The largest absolute Gasteiger partial charge is 0.322 e. The van der Waals surface area contributed by atoms with Gasteiger partial charge in [0.25, 0.3) is 11.8 Å². The molecule has 0 bridgehead atoms. The Morgan fingerprint density at radius 3 is 2.69 bits per heavy atom. The average molecular weight is 485 g/mol. The van der Waals surface area contributed by atoms with Crippen molar-refractivity contribution in [2.45, 2.75) is 25.8 Å². The number of halogens is 1. The molecular weight excluding hydrogens is 464 g/mol. The molecule has 1 N–H and O–H groups in total. The molecule has 5 rings (SSSR count). The molecule has 9 heteroatoms. The fourth-order valence-electron chi connectivity index (χ4n) is 4.32. The van der Waals surface area contributed by atoms with Crippen molar-refractivity contribution < 1.29 is 9.59 Å². The van der Waals surface area contributed by atoms with Crippen LogP contribution < -0.4 is 5.32 Å². The number of pyridine rings is 1. The molecule has 1 aromatic carbocycles. The maximum Gasteiger partial charge on any atom is 0.299 e. The number of carbonyl (C=O) groups excluding carboxylic acids is 2. The fourth-order valence-corrected chi connectivity index (χ4v) is 4.56. The van der Waals surface area contributed by atoms with E-state index in [0.29, 0.717) is 40.1 Å². The molecule has 1 saturated heterocycles. The van der Waals surface area contributed by atoms with Crippen molar-refractivity contribution in [3.63, 3.8) is 0 Å². The maximum atomic E-state index is 12.6. The van der Waals surface area contributed by atoms with Gasteiger partial charge >= 0.3 is 0 Å². The fraction of sp³-hybridized carbons (Fsp3) is 0.192. The first-order valence-electron chi connectivity index (χ1n) is 11.2. The number of likely N-dealkylation sites (tertiary alicyclic amines) is 1. The van der Waals surface area contributed by atoms with Gasteiger partial charge in [-0.05, 0) is 50.0 Å². The zero-order chi connectivity index (χ0) is 24.4. The van der Waals surface area contributed by atoms with Crippen molar-refractivity contribution >= 4 is 34.7 Å². The van der Waals surface area contributed by atoms with Gasteiger partial charge in [-0.1, -0.05) is 35.7 Å². The van der Waals surface area contributed by atoms with Crippen molar-refractivity contribution in [3.05, 3.63) is 77.6 Å². The first-order chi connectivity index (χ1) is 17.1. The molecule has 0 aliphatic carbocycles. The molecule has 1 aliphatic heterocycles. The molecule has 3 aromatic heterocycles. The highest BCUT2D eigenvalue weighted by atomic mass is 35.5. The maximum absolute atomic E-state index is 12.6. The summed E-state index contributed by atoms with van der Waals surface area (Å²) in [5, 5.41) is 3.08. The van der Waals surface area contributed by atoms with Gasteiger partial charge in [0, 0.05) is 36.3 Å². The van der Waals surface area contributed by atoms with Gasteiger partial charge in [-0.3, -0.25) is 14.0 Å². The van der Waals surface area contributed by atoms with Gasteiger partial charge in [0.05, 0.1) is 11.7 Å². The molecule has 1 fully saturated rings. The molecule has 4 aromatic rings. The highest BCUT2D eigenvalue weighted by Crippen LogP contribution is 2.36. The number of benzene rings is 1.